The molecule has 33 heavy (non-hydrogen) atoms. The van der Waals surface area contributed by atoms with Crippen molar-refractivity contribution in [2.45, 2.75) is 16.7 Å². The lowest BCUT2D eigenvalue weighted by Crippen LogP contribution is -2.08. The minimum Gasteiger partial charge on any atom is -0.396 e. The molecular weight excluding hydrogens is 466 g/mol. The maximum atomic E-state index is 14.3. The van der Waals surface area contributed by atoms with E-state index in [0.29, 0.717) is 5.56 Å². The van der Waals surface area contributed by atoms with Crippen LogP contribution in [-0.2, 0) is 9.84 Å². The Morgan fingerprint density at radius 2 is 1.64 bits per heavy atom. The number of hydrogen-bond acceptors (Lipinski definition) is 6. The normalized spacial score (nSPS) is 11.4. The largest absolute Gasteiger partial charge is 0.396 e. The van der Waals surface area contributed by atoms with Gasteiger partial charge in [0.15, 0.2) is 0 Å². The average Bonchev–Trinajstić information content (AvgIpc) is 3.13. The number of nitrogen functional groups attached to an aromatic ring is 1. The summed E-state index contributed by atoms with van der Waals surface area (Å²) in [6, 6.07) is 17.1. The van der Waals surface area contributed by atoms with Crippen LogP contribution in [0.1, 0.15) is 20.8 Å². The number of aryl methyl sites for hydroxylation is 1. The van der Waals surface area contributed by atoms with E-state index in [1.807, 2.05) is 6.92 Å². The highest BCUT2D eigenvalue weighted by Gasteiger charge is 2.32. The third-order valence-electron chi connectivity index (χ3n) is 4.92. The fourth-order valence-corrected chi connectivity index (χ4v) is 6.14. The van der Waals surface area contributed by atoms with Crippen LogP contribution in [-0.4, -0.2) is 14.2 Å². The fourth-order valence-electron chi connectivity index (χ4n) is 3.22. The molecule has 3 aromatic carbocycles. The Morgan fingerprint density at radius 3 is 2.30 bits per heavy atom. The number of anilines is 3. The Labute approximate surface area is 193 Å². The molecule has 3 N–H and O–H groups in total. The summed E-state index contributed by atoms with van der Waals surface area (Å²) in [5.41, 5.74) is 6.85. The van der Waals surface area contributed by atoms with Crippen LogP contribution in [0.15, 0.2) is 82.6 Å². The summed E-state index contributed by atoms with van der Waals surface area (Å²) in [5.74, 6) is -1.99. The van der Waals surface area contributed by atoms with Crippen LogP contribution in [0.4, 0.5) is 25.2 Å². The Balaban J connectivity index is 1.91. The Bertz CT molecular complexity index is 1450. The highest BCUT2D eigenvalue weighted by Crippen LogP contribution is 2.44. The van der Waals surface area contributed by atoms with Gasteiger partial charge in [0, 0.05) is 11.6 Å². The van der Waals surface area contributed by atoms with Gasteiger partial charge in [-0.15, -0.1) is 11.3 Å². The number of thiophene rings is 1. The number of benzene rings is 3. The first-order chi connectivity index (χ1) is 15.7. The summed E-state index contributed by atoms with van der Waals surface area (Å²) in [4.78, 5) is 12.7. The molecule has 1 heterocycles. The number of nitrogens with one attached hydrogen (secondary N) is 1. The molecule has 5 nitrogen and oxygen atoms in total. The predicted molar refractivity (Wildman–Crippen MR) is 125 cm³/mol. The SMILES string of the molecule is Cc1ccc(S(=O)(=O)c2c(Nc3cc(F)ccc3F)sc(C(=O)c3ccccc3)c2N)cc1. The first kappa shape index (κ1) is 22.6. The lowest BCUT2D eigenvalue weighted by Gasteiger charge is -2.10. The van der Waals surface area contributed by atoms with Crippen molar-refractivity contribution in [1.82, 2.24) is 0 Å². The minimum atomic E-state index is -4.20. The van der Waals surface area contributed by atoms with Crippen LogP contribution in [0.25, 0.3) is 0 Å². The van der Waals surface area contributed by atoms with Gasteiger partial charge in [0.25, 0.3) is 0 Å². The zero-order chi connectivity index (χ0) is 23.8. The first-order valence-corrected chi connectivity index (χ1v) is 12.0. The third-order valence-corrected chi connectivity index (χ3v) is 8.02. The second-order valence-electron chi connectivity index (χ2n) is 7.26. The highest BCUT2D eigenvalue weighted by molar-refractivity contribution is 7.92. The van der Waals surface area contributed by atoms with Gasteiger partial charge in [0.2, 0.25) is 15.6 Å². The van der Waals surface area contributed by atoms with Crippen molar-refractivity contribution in [2.24, 2.45) is 0 Å². The third kappa shape index (κ3) is 4.37. The molecule has 0 saturated carbocycles. The van der Waals surface area contributed by atoms with Crippen molar-refractivity contribution in [3.05, 3.63) is 100 Å². The fraction of sp³-hybridized carbons (Fsp3) is 0.0417. The van der Waals surface area contributed by atoms with Crippen LogP contribution in [0, 0.1) is 18.6 Å². The van der Waals surface area contributed by atoms with E-state index < -0.39 is 27.3 Å². The molecule has 0 aliphatic rings. The lowest BCUT2D eigenvalue weighted by molar-refractivity contribution is 0.104. The highest BCUT2D eigenvalue weighted by atomic mass is 32.2. The maximum absolute atomic E-state index is 14.3. The molecule has 168 valence electrons. The molecule has 0 radical (unpaired) electrons. The van der Waals surface area contributed by atoms with Gasteiger partial charge in [0.1, 0.15) is 26.4 Å². The molecule has 0 spiro atoms. The second kappa shape index (κ2) is 8.76. The zero-order valence-electron chi connectivity index (χ0n) is 17.3. The van der Waals surface area contributed by atoms with Gasteiger partial charge >= 0.3 is 0 Å². The van der Waals surface area contributed by atoms with E-state index in [4.69, 9.17) is 5.73 Å². The molecule has 0 saturated heterocycles. The van der Waals surface area contributed by atoms with E-state index in [1.165, 1.54) is 12.1 Å². The number of carbonyl (C=O) groups is 1. The van der Waals surface area contributed by atoms with Crippen LogP contribution in [0.5, 0.6) is 0 Å². The monoisotopic (exact) mass is 484 g/mol. The van der Waals surface area contributed by atoms with E-state index in [1.54, 1.807) is 42.5 Å². The lowest BCUT2D eigenvalue weighted by atomic mass is 10.1. The van der Waals surface area contributed by atoms with Gasteiger partial charge in [-0.05, 0) is 31.2 Å². The quantitative estimate of drug-likeness (QED) is 0.342. The molecule has 0 amide bonds. The Hall–Kier alpha value is -3.56. The number of halogens is 2. The zero-order valence-corrected chi connectivity index (χ0v) is 18.9. The van der Waals surface area contributed by atoms with Gasteiger partial charge in [-0.2, -0.15) is 0 Å². The number of sulfone groups is 1. The minimum absolute atomic E-state index is 0.0220. The number of hydrogen-bond donors (Lipinski definition) is 2. The van der Waals surface area contributed by atoms with Crippen LogP contribution in [0.2, 0.25) is 0 Å². The van der Waals surface area contributed by atoms with Crippen molar-refractivity contribution < 1.29 is 22.0 Å². The van der Waals surface area contributed by atoms with Crippen molar-refractivity contribution in [2.75, 3.05) is 11.1 Å². The molecule has 0 atom stereocenters. The van der Waals surface area contributed by atoms with Crippen LogP contribution < -0.4 is 11.1 Å². The molecule has 0 aliphatic carbocycles. The van der Waals surface area contributed by atoms with E-state index in [9.17, 15) is 22.0 Å². The van der Waals surface area contributed by atoms with Gasteiger partial charge in [0.05, 0.1) is 16.3 Å². The van der Waals surface area contributed by atoms with E-state index >= 15 is 0 Å². The van der Waals surface area contributed by atoms with E-state index in [2.05, 4.69) is 5.32 Å². The number of carbonyl (C=O) groups excluding carboxylic acids is 1. The summed E-state index contributed by atoms with van der Waals surface area (Å²) < 4.78 is 55.0. The van der Waals surface area contributed by atoms with Crippen molar-refractivity contribution in [3.8, 4) is 0 Å². The maximum Gasteiger partial charge on any atom is 0.211 e. The number of nitrogens with two attached hydrogens (primary N) is 1. The van der Waals surface area contributed by atoms with Gasteiger partial charge in [-0.25, -0.2) is 17.2 Å². The van der Waals surface area contributed by atoms with Crippen molar-refractivity contribution in [3.63, 3.8) is 0 Å². The predicted octanol–water partition coefficient (Wildman–Crippen LogP) is 5.72. The van der Waals surface area contributed by atoms with Gasteiger partial charge in [-0.3, -0.25) is 4.79 Å². The van der Waals surface area contributed by atoms with Crippen LogP contribution in [0.3, 0.4) is 0 Å². The smallest absolute Gasteiger partial charge is 0.211 e. The Kier molecular flexibility index (Phi) is 6.01. The topological polar surface area (TPSA) is 89.3 Å². The van der Waals surface area contributed by atoms with Crippen LogP contribution >= 0.6 is 11.3 Å². The van der Waals surface area contributed by atoms with Gasteiger partial charge < -0.3 is 11.1 Å². The van der Waals surface area contributed by atoms with Gasteiger partial charge in [-0.1, -0.05) is 48.0 Å². The molecule has 4 rings (SSSR count). The average molecular weight is 485 g/mol. The molecule has 4 aromatic rings. The summed E-state index contributed by atoms with van der Waals surface area (Å²) in [7, 11) is -4.20. The second-order valence-corrected chi connectivity index (χ2v) is 10.2. The molecule has 0 unspecified atom stereocenters. The Morgan fingerprint density at radius 1 is 0.970 bits per heavy atom. The number of rotatable bonds is 6. The van der Waals surface area contributed by atoms with E-state index in [-0.39, 0.29) is 31.0 Å². The molecule has 9 heteroatoms. The van der Waals surface area contributed by atoms with Crippen molar-refractivity contribution >= 4 is 43.3 Å². The molecule has 0 fully saturated rings. The molecule has 0 bridgehead atoms. The summed E-state index contributed by atoms with van der Waals surface area (Å²) in [6.45, 7) is 1.81. The van der Waals surface area contributed by atoms with E-state index in [0.717, 1.165) is 35.1 Å². The molecular formula is C24H18F2N2O3S2. The summed E-state index contributed by atoms with van der Waals surface area (Å²) >= 11 is 0.769. The molecule has 0 aliphatic heterocycles. The standard InChI is InChI=1S/C24H18F2N2O3S2/c1-14-7-10-17(11-8-14)33(30,31)23-20(27)22(21(29)15-5-3-2-4-6-15)32-24(23)28-19-13-16(25)9-12-18(19)26/h2-13,28H,27H2,1H3. The summed E-state index contributed by atoms with van der Waals surface area (Å²) in [5, 5.41) is 2.54. The molecule has 1 aromatic heterocycles. The number of ketones is 1. The summed E-state index contributed by atoms with van der Waals surface area (Å²) in [6.07, 6.45) is 0. The first-order valence-electron chi connectivity index (χ1n) is 9.74. The van der Waals surface area contributed by atoms with Crippen molar-refractivity contribution in [1.29, 1.82) is 0 Å².